The summed E-state index contributed by atoms with van der Waals surface area (Å²) in [6, 6.07) is 8.63. The van der Waals surface area contributed by atoms with E-state index in [0.717, 1.165) is 5.30 Å². The Morgan fingerprint density at radius 1 is 1.19 bits per heavy atom. The number of carbonyl (C=O) groups excluding carboxylic acids is 1. The normalized spacial score (nSPS) is 10.1. The zero-order valence-corrected chi connectivity index (χ0v) is 9.48. The maximum absolute atomic E-state index is 11.7. The molecule has 1 unspecified atom stereocenters. The minimum Gasteiger partial charge on any atom is -0.298 e. The summed E-state index contributed by atoms with van der Waals surface area (Å²) in [5.41, 5.74) is 0.332. The second-order valence-corrected chi connectivity index (χ2v) is 3.88. The Morgan fingerprint density at radius 2 is 1.88 bits per heavy atom. The van der Waals surface area contributed by atoms with E-state index in [2.05, 4.69) is 14.3 Å². The van der Waals surface area contributed by atoms with E-state index in [0.29, 0.717) is 12.0 Å². The number of aldehydes is 1. The number of carbonyl (C=O) groups is 1. The molecule has 0 amide bonds. The summed E-state index contributed by atoms with van der Waals surface area (Å²) in [4.78, 5) is 22.4. The van der Waals surface area contributed by atoms with Gasteiger partial charge in [0.25, 0.3) is 5.56 Å². The minimum absolute atomic E-state index is 0.102. The molecule has 0 fully saturated rings. The summed E-state index contributed by atoms with van der Waals surface area (Å²) in [6.07, 6.45) is 1.96. The molecule has 16 heavy (non-hydrogen) atoms. The molecule has 0 radical (unpaired) electrons. The van der Waals surface area contributed by atoms with Crippen LogP contribution in [0.1, 0.15) is 10.4 Å². The van der Waals surface area contributed by atoms with Crippen molar-refractivity contribution in [3.8, 4) is 5.69 Å². The lowest BCUT2D eigenvalue weighted by molar-refractivity contribution is 0.112. The molecule has 1 heterocycles. The molecule has 5 heteroatoms. The van der Waals surface area contributed by atoms with E-state index in [9.17, 15) is 9.59 Å². The van der Waals surface area contributed by atoms with Gasteiger partial charge in [-0.25, -0.2) is 0 Å². The molecule has 0 spiro atoms. The lowest BCUT2D eigenvalue weighted by atomic mass is 10.3. The van der Waals surface area contributed by atoms with Gasteiger partial charge in [0.05, 0.1) is 11.3 Å². The molecule has 0 aliphatic heterocycles. The van der Waals surface area contributed by atoms with Gasteiger partial charge in [0.15, 0.2) is 6.29 Å². The molecule has 2 rings (SSSR count). The maximum atomic E-state index is 11.7. The fourth-order valence-corrected chi connectivity index (χ4v) is 1.51. The Hall–Kier alpha value is -1.80. The fourth-order valence-electron chi connectivity index (χ4n) is 1.32. The third-order valence-electron chi connectivity index (χ3n) is 2.14. The van der Waals surface area contributed by atoms with Crippen LogP contribution in [0.15, 0.2) is 41.3 Å². The molecule has 0 bridgehead atoms. The summed E-state index contributed by atoms with van der Waals surface area (Å²) >= 11 is 0. The van der Waals surface area contributed by atoms with Crippen LogP contribution in [0.3, 0.4) is 0 Å². The molecule has 1 aromatic heterocycles. The van der Waals surface area contributed by atoms with Gasteiger partial charge < -0.3 is 0 Å². The predicted octanol–water partition coefficient (Wildman–Crippen LogP) is 0.545. The molecular weight excluding hydrogens is 223 g/mol. The second kappa shape index (κ2) is 4.37. The Bertz CT molecular complexity index is 575. The lowest BCUT2D eigenvalue weighted by Gasteiger charge is -2.04. The van der Waals surface area contributed by atoms with E-state index in [1.807, 2.05) is 12.1 Å². The number of hydrogen-bond donors (Lipinski definition) is 0. The lowest BCUT2D eigenvalue weighted by Crippen LogP contribution is -2.24. The number of aromatic nitrogens is 2. The van der Waals surface area contributed by atoms with Gasteiger partial charge in [0.2, 0.25) is 0 Å². The van der Waals surface area contributed by atoms with Crippen LogP contribution in [-0.2, 0) is 0 Å². The highest BCUT2D eigenvalue weighted by atomic mass is 31.0. The van der Waals surface area contributed by atoms with Crippen molar-refractivity contribution in [3.05, 3.63) is 52.4 Å². The van der Waals surface area contributed by atoms with Gasteiger partial charge in [-0.15, -0.1) is 9.24 Å². The zero-order chi connectivity index (χ0) is 11.5. The first-order valence-electron chi connectivity index (χ1n) is 4.62. The van der Waals surface area contributed by atoms with Gasteiger partial charge in [-0.2, -0.15) is 9.78 Å². The average Bonchev–Trinajstić information content (AvgIpc) is 2.31. The van der Waals surface area contributed by atoms with Crippen molar-refractivity contribution in [3.63, 3.8) is 0 Å². The highest BCUT2D eigenvalue weighted by Gasteiger charge is 2.04. The molecule has 0 aliphatic rings. The van der Waals surface area contributed by atoms with Crippen LogP contribution < -0.4 is 10.9 Å². The Labute approximate surface area is 94.1 Å². The van der Waals surface area contributed by atoms with Gasteiger partial charge in [0.1, 0.15) is 0 Å². The van der Waals surface area contributed by atoms with Crippen molar-refractivity contribution in [1.29, 1.82) is 0 Å². The molecule has 0 aliphatic carbocycles. The first kappa shape index (κ1) is 10.7. The first-order chi connectivity index (χ1) is 7.72. The van der Waals surface area contributed by atoms with Gasteiger partial charge >= 0.3 is 0 Å². The van der Waals surface area contributed by atoms with Crippen molar-refractivity contribution < 1.29 is 4.79 Å². The van der Waals surface area contributed by atoms with E-state index in [1.54, 1.807) is 12.1 Å². The molecule has 2 aromatic rings. The van der Waals surface area contributed by atoms with Crippen LogP contribution in [0.25, 0.3) is 5.69 Å². The Balaban J connectivity index is 2.60. The third-order valence-corrected chi connectivity index (χ3v) is 2.53. The summed E-state index contributed by atoms with van der Waals surface area (Å²) < 4.78 is 1.20. The Kier molecular flexibility index (Phi) is 2.93. The molecule has 0 N–H and O–H groups in total. The zero-order valence-electron chi connectivity index (χ0n) is 8.33. The first-order valence-corrected chi connectivity index (χ1v) is 5.19. The molecular formula is C11H9N2O2P. The van der Waals surface area contributed by atoms with Crippen LogP contribution in [-0.4, -0.2) is 16.1 Å². The molecule has 1 aromatic carbocycles. The third kappa shape index (κ3) is 1.92. The number of benzene rings is 1. The van der Waals surface area contributed by atoms with Gasteiger partial charge in [-0.05, 0) is 23.5 Å². The van der Waals surface area contributed by atoms with Gasteiger partial charge in [-0.3, -0.25) is 9.59 Å². The fraction of sp³-hybridized carbons (Fsp3) is 0. The van der Waals surface area contributed by atoms with Crippen molar-refractivity contribution in [2.24, 2.45) is 0 Å². The van der Waals surface area contributed by atoms with E-state index in [-0.39, 0.29) is 5.56 Å². The summed E-state index contributed by atoms with van der Waals surface area (Å²) in [6.45, 7) is 0. The number of nitrogens with zero attached hydrogens (tertiary/aromatic N) is 2. The number of hydrogen-bond acceptors (Lipinski definition) is 3. The molecule has 1 atom stereocenters. The van der Waals surface area contributed by atoms with Crippen LogP contribution in [0.4, 0.5) is 0 Å². The van der Waals surface area contributed by atoms with Crippen molar-refractivity contribution in [2.75, 3.05) is 0 Å². The molecule has 80 valence electrons. The van der Waals surface area contributed by atoms with Crippen molar-refractivity contribution in [2.45, 2.75) is 0 Å². The minimum atomic E-state index is -0.408. The van der Waals surface area contributed by atoms with Gasteiger partial charge in [-0.1, -0.05) is 12.1 Å². The summed E-state index contributed by atoms with van der Waals surface area (Å²) in [7, 11) is 2.56. The van der Waals surface area contributed by atoms with E-state index in [4.69, 9.17) is 0 Å². The summed E-state index contributed by atoms with van der Waals surface area (Å²) in [5, 5.41) is 4.94. The van der Waals surface area contributed by atoms with Crippen molar-refractivity contribution >= 4 is 20.8 Å². The average molecular weight is 232 g/mol. The SMILES string of the molecule is O=Cc1ccnn(-c2ccc(P)cc2)c1=O. The highest BCUT2D eigenvalue weighted by Crippen LogP contribution is 2.02. The monoisotopic (exact) mass is 232 g/mol. The Morgan fingerprint density at radius 3 is 2.50 bits per heavy atom. The van der Waals surface area contributed by atoms with E-state index < -0.39 is 5.56 Å². The summed E-state index contributed by atoms with van der Waals surface area (Å²) in [5.74, 6) is 0. The van der Waals surface area contributed by atoms with Crippen molar-refractivity contribution in [1.82, 2.24) is 9.78 Å². The standard InChI is InChI=1S/C11H9N2O2P/c14-7-8-5-6-12-13(11(8)15)9-1-3-10(16)4-2-9/h1-7H,16H2. The largest absolute Gasteiger partial charge is 0.298 e. The topological polar surface area (TPSA) is 52.0 Å². The van der Waals surface area contributed by atoms with E-state index in [1.165, 1.54) is 16.9 Å². The second-order valence-electron chi connectivity index (χ2n) is 3.21. The maximum Gasteiger partial charge on any atom is 0.282 e. The van der Waals surface area contributed by atoms with Crippen LogP contribution in [0.2, 0.25) is 0 Å². The van der Waals surface area contributed by atoms with Crippen LogP contribution in [0, 0.1) is 0 Å². The number of rotatable bonds is 2. The highest BCUT2D eigenvalue weighted by molar-refractivity contribution is 7.27. The van der Waals surface area contributed by atoms with Gasteiger partial charge in [0, 0.05) is 6.20 Å². The van der Waals surface area contributed by atoms with Crippen LogP contribution >= 0.6 is 9.24 Å². The smallest absolute Gasteiger partial charge is 0.282 e. The molecule has 4 nitrogen and oxygen atoms in total. The van der Waals surface area contributed by atoms with E-state index >= 15 is 0 Å². The molecule has 0 saturated carbocycles. The predicted molar refractivity (Wildman–Crippen MR) is 64.6 cm³/mol. The quantitative estimate of drug-likeness (QED) is 0.561. The molecule has 0 saturated heterocycles. The van der Waals surface area contributed by atoms with Crippen LogP contribution in [0.5, 0.6) is 0 Å².